The van der Waals surface area contributed by atoms with E-state index in [-0.39, 0.29) is 16.9 Å². The van der Waals surface area contributed by atoms with Crippen LogP contribution in [0.1, 0.15) is 49.8 Å². The molecule has 2 aromatic rings. The number of piperidine rings is 1. The molecule has 2 aliphatic heterocycles. The van der Waals surface area contributed by atoms with Crippen molar-refractivity contribution in [3.63, 3.8) is 0 Å². The summed E-state index contributed by atoms with van der Waals surface area (Å²) in [5, 5.41) is 0. The Kier molecular flexibility index (Phi) is 6.46. The number of hydrogen-bond donors (Lipinski definition) is 0. The molecule has 2 bridgehead atoms. The number of ether oxygens (including phenoxy) is 2. The Morgan fingerprint density at radius 3 is 2.36 bits per heavy atom. The van der Waals surface area contributed by atoms with Gasteiger partial charge >= 0.3 is 0 Å². The summed E-state index contributed by atoms with van der Waals surface area (Å²) in [6.07, 6.45) is 7.76. The van der Waals surface area contributed by atoms with Crippen LogP contribution in [0.5, 0.6) is 11.5 Å². The van der Waals surface area contributed by atoms with Crippen molar-refractivity contribution in [3.8, 4) is 11.5 Å². The molecule has 5 rings (SSSR count). The van der Waals surface area contributed by atoms with E-state index in [1.165, 1.54) is 22.3 Å². The highest BCUT2D eigenvalue weighted by Crippen LogP contribution is 2.48. The van der Waals surface area contributed by atoms with Gasteiger partial charge in [-0.1, -0.05) is 55.8 Å². The number of likely N-dealkylation sites (N-methyl/N-ethyl adjacent to an activating group) is 1. The van der Waals surface area contributed by atoms with Gasteiger partial charge in [-0.3, -0.25) is 9.69 Å². The molecule has 1 spiro atoms. The van der Waals surface area contributed by atoms with Crippen LogP contribution in [0.3, 0.4) is 0 Å². The molecule has 1 aliphatic carbocycles. The maximum absolute atomic E-state index is 13.5. The SMILES string of the molecule is COc1cc2c(c(OC)c1)C(C)(C)/C=C1\CC(=CC(=O)N(C)C13CCN(Cc1ccccc1)CC3)C2. The van der Waals surface area contributed by atoms with E-state index < -0.39 is 0 Å². The van der Waals surface area contributed by atoms with Gasteiger partial charge in [0.15, 0.2) is 0 Å². The number of methoxy groups -OCH3 is 2. The Morgan fingerprint density at radius 2 is 1.69 bits per heavy atom. The number of allylic oxidation sites excluding steroid dienone is 2. The van der Waals surface area contributed by atoms with Crippen LogP contribution in [0.4, 0.5) is 0 Å². The number of carbonyl (C=O) groups is 1. The standard InChI is InChI=1S/C31H38N2O3/c1-30(2)20-25-16-23(15-24-18-26(35-4)19-27(36-5)29(24)30)17-28(34)32(3)31(25)11-13-33(14-12-31)21-22-9-7-6-8-10-22/h6-10,17-20H,11-16,21H2,1-5H3/b25-20+. The van der Waals surface area contributed by atoms with E-state index in [2.05, 4.69) is 61.2 Å². The van der Waals surface area contributed by atoms with Crippen molar-refractivity contribution < 1.29 is 14.3 Å². The van der Waals surface area contributed by atoms with Crippen molar-refractivity contribution in [2.75, 3.05) is 34.4 Å². The summed E-state index contributed by atoms with van der Waals surface area (Å²) in [6.45, 7) is 7.43. The van der Waals surface area contributed by atoms with Gasteiger partial charge in [0.1, 0.15) is 11.5 Å². The summed E-state index contributed by atoms with van der Waals surface area (Å²) in [6, 6.07) is 14.8. The lowest BCUT2D eigenvalue weighted by atomic mass is 9.69. The molecule has 0 saturated carbocycles. The molecule has 1 amide bonds. The molecule has 190 valence electrons. The molecule has 5 nitrogen and oxygen atoms in total. The van der Waals surface area contributed by atoms with E-state index in [0.29, 0.717) is 0 Å². The Hall–Kier alpha value is -3.05. The molecule has 3 aliphatic rings. The lowest BCUT2D eigenvalue weighted by Crippen LogP contribution is -2.56. The lowest BCUT2D eigenvalue weighted by molar-refractivity contribution is -0.130. The summed E-state index contributed by atoms with van der Waals surface area (Å²) >= 11 is 0. The van der Waals surface area contributed by atoms with Crippen molar-refractivity contribution in [2.24, 2.45) is 0 Å². The number of hydrogen-bond acceptors (Lipinski definition) is 4. The first-order valence-corrected chi connectivity index (χ1v) is 13.0. The van der Waals surface area contributed by atoms with Gasteiger partial charge in [0.05, 0.1) is 19.8 Å². The van der Waals surface area contributed by atoms with E-state index >= 15 is 0 Å². The highest BCUT2D eigenvalue weighted by Gasteiger charge is 2.46. The largest absolute Gasteiger partial charge is 0.497 e. The molecular formula is C31H38N2O3. The Bertz CT molecular complexity index is 1200. The van der Waals surface area contributed by atoms with Gasteiger partial charge < -0.3 is 14.4 Å². The van der Waals surface area contributed by atoms with Gasteiger partial charge in [0.25, 0.3) is 0 Å². The molecule has 0 radical (unpaired) electrons. The topological polar surface area (TPSA) is 42.0 Å². The van der Waals surface area contributed by atoms with E-state index in [0.717, 1.165) is 62.4 Å². The van der Waals surface area contributed by atoms with Gasteiger partial charge in [-0.25, -0.2) is 0 Å². The first-order chi connectivity index (χ1) is 17.3. The monoisotopic (exact) mass is 486 g/mol. The van der Waals surface area contributed by atoms with E-state index in [4.69, 9.17) is 9.47 Å². The summed E-state index contributed by atoms with van der Waals surface area (Å²) < 4.78 is 11.5. The smallest absolute Gasteiger partial charge is 0.246 e. The number of rotatable bonds is 4. The number of likely N-dealkylation sites (tertiary alicyclic amines) is 1. The molecule has 5 heteroatoms. The predicted molar refractivity (Wildman–Crippen MR) is 144 cm³/mol. The normalized spacial score (nSPS) is 22.5. The van der Waals surface area contributed by atoms with Crippen LogP contribution in [0.25, 0.3) is 0 Å². The van der Waals surface area contributed by atoms with Crippen LogP contribution in [-0.2, 0) is 23.2 Å². The van der Waals surface area contributed by atoms with Crippen LogP contribution >= 0.6 is 0 Å². The van der Waals surface area contributed by atoms with Crippen molar-refractivity contribution >= 4 is 5.91 Å². The predicted octanol–water partition coefficient (Wildman–Crippen LogP) is 5.29. The van der Waals surface area contributed by atoms with Crippen molar-refractivity contribution in [2.45, 2.75) is 57.0 Å². The van der Waals surface area contributed by atoms with E-state index in [1.807, 2.05) is 24.1 Å². The number of amides is 1. The molecular weight excluding hydrogens is 448 g/mol. The molecule has 1 saturated heterocycles. The third kappa shape index (κ3) is 4.34. The fourth-order valence-corrected chi connectivity index (χ4v) is 6.58. The highest BCUT2D eigenvalue weighted by molar-refractivity contribution is 5.90. The highest BCUT2D eigenvalue weighted by atomic mass is 16.5. The van der Waals surface area contributed by atoms with Crippen LogP contribution in [0.2, 0.25) is 0 Å². The van der Waals surface area contributed by atoms with Gasteiger partial charge in [-0.2, -0.15) is 0 Å². The zero-order valence-electron chi connectivity index (χ0n) is 22.3. The maximum Gasteiger partial charge on any atom is 0.246 e. The molecule has 0 unspecified atom stereocenters. The van der Waals surface area contributed by atoms with Gasteiger partial charge in [-0.05, 0) is 48.4 Å². The third-order valence-electron chi connectivity index (χ3n) is 8.46. The minimum absolute atomic E-state index is 0.112. The maximum atomic E-state index is 13.5. The van der Waals surface area contributed by atoms with Crippen LogP contribution in [-0.4, -0.2) is 55.6 Å². The molecule has 36 heavy (non-hydrogen) atoms. The van der Waals surface area contributed by atoms with Gasteiger partial charge in [0, 0.05) is 49.8 Å². The average Bonchev–Trinajstić information content (AvgIpc) is 2.95. The average molecular weight is 487 g/mol. The second-order valence-electron chi connectivity index (χ2n) is 11.1. The zero-order valence-corrected chi connectivity index (χ0v) is 22.3. The Balaban J connectivity index is 1.55. The molecule has 0 N–H and O–H groups in total. The van der Waals surface area contributed by atoms with Crippen LogP contribution in [0.15, 0.2) is 65.8 Å². The Morgan fingerprint density at radius 1 is 0.972 bits per heavy atom. The molecule has 2 heterocycles. The van der Waals surface area contributed by atoms with Crippen molar-refractivity contribution in [1.29, 1.82) is 0 Å². The molecule has 1 fully saturated rings. The first-order valence-electron chi connectivity index (χ1n) is 13.0. The van der Waals surface area contributed by atoms with Gasteiger partial charge in [-0.15, -0.1) is 0 Å². The van der Waals surface area contributed by atoms with Crippen LogP contribution < -0.4 is 9.47 Å². The number of fused-ring (bicyclic) bond motifs is 4. The minimum Gasteiger partial charge on any atom is -0.497 e. The van der Waals surface area contributed by atoms with Crippen molar-refractivity contribution in [1.82, 2.24) is 9.80 Å². The second-order valence-corrected chi connectivity index (χ2v) is 11.1. The summed E-state index contributed by atoms with van der Waals surface area (Å²) in [7, 11) is 5.42. The quantitative estimate of drug-likeness (QED) is 0.551. The first kappa shape index (κ1) is 24.6. The van der Waals surface area contributed by atoms with Crippen molar-refractivity contribution in [3.05, 3.63) is 82.5 Å². The fourth-order valence-electron chi connectivity index (χ4n) is 6.58. The molecule has 0 atom stereocenters. The lowest BCUT2D eigenvalue weighted by Gasteiger charge is -2.49. The summed E-state index contributed by atoms with van der Waals surface area (Å²) in [5.74, 6) is 1.74. The summed E-state index contributed by atoms with van der Waals surface area (Å²) in [5.41, 5.74) is 5.70. The molecule has 0 aromatic heterocycles. The Labute approximate surface area is 215 Å². The minimum atomic E-state index is -0.267. The van der Waals surface area contributed by atoms with E-state index in [9.17, 15) is 4.79 Å². The number of nitrogens with zero attached hydrogens (tertiary/aromatic N) is 2. The molecule has 2 aromatic carbocycles. The number of carbonyl (C=O) groups excluding carboxylic acids is 1. The third-order valence-corrected chi connectivity index (χ3v) is 8.46. The second kappa shape index (κ2) is 9.44. The fraction of sp³-hybridized carbons (Fsp3) is 0.452. The number of benzene rings is 2. The summed E-state index contributed by atoms with van der Waals surface area (Å²) in [4.78, 5) is 18.1. The van der Waals surface area contributed by atoms with E-state index in [1.54, 1.807) is 14.2 Å². The van der Waals surface area contributed by atoms with Gasteiger partial charge in [0.2, 0.25) is 5.91 Å². The zero-order chi connectivity index (χ0) is 25.5. The van der Waals surface area contributed by atoms with Crippen LogP contribution in [0, 0.1) is 0 Å².